The normalized spacial score (nSPS) is 12.6. The van der Waals surface area contributed by atoms with E-state index in [0.717, 1.165) is 25.9 Å². The van der Waals surface area contributed by atoms with Gasteiger partial charge in [-0.05, 0) is 38.8 Å². The molecule has 0 amide bonds. The van der Waals surface area contributed by atoms with Crippen LogP contribution < -0.4 is 5.32 Å². The second kappa shape index (κ2) is 7.25. The molecule has 3 nitrogen and oxygen atoms in total. The standard InChI is InChI=1S/C17H25N3/c1-4-18-14(2)17-13-19-20(15(17)3)12-8-11-16-9-6-5-7-10-16/h5-7,9-10,13-14,18H,4,8,11-12H2,1-3H3. The van der Waals surface area contributed by atoms with Crippen LogP contribution in [0.15, 0.2) is 36.5 Å². The van der Waals surface area contributed by atoms with Gasteiger partial charge in [-0.15, -0.1) is 0 Å². The molecule has 108 valence electrons. The average Bonchev–Trinajstić information content (AvgIpc) is 2.82. The Kier molecular flexibility index (Phi) is 5.36. The number of benzene rings is 1. The molecule has 0 aliphatic carbocycles. The lowest BCUT2D eigenvalue weighted by Crippen LogP contribution is -2.18. The lowest BCUT2D eigenvalue weighted by molar-refractivity contribution is 0.556. The van der Waals surface area contributed by atoms with Crippen molar-refractivity contribution in [1.29, 1.82) is 0 Å². The monoisotopic (exact) mass is 271 g/mol. The Morgan fingerprint density at radius 3 is 2.70 bits per heavy atom. The molecule has 0 saturated carbocycles. The minimum Gasteiger partial charge on any atom is -0.310 e. The smallest absolute Gasteiger partial charge is 0.0540 e. The molecular formula is C17H25N3. The number of aromatic nitrogens is 2. The zero-order valence-corrected chi connectivity index (χ0v) is 12.8. The second-order valence-electron chi connectivity index (χ2n) is 5.28. The molecule has 0 radical (unpaired) electrons. The number of rotatable bonds is 7. The molecule has 1 heterocycles. The van der Waals surface area contributed by atoms with Gasteiger partial charge in [0, 0.05) is 23.8 Å². The number of hydrogen-bond donors (Lipinski definition) is 1. The highest BCUT2D eigenvalue weighted by molar-refractivity contribution is 5.20. The van der Waals surface area contributed by atoms with Crippen molar-refractivity contribution in [3.63, 3.8) is 0 Å². The molecule has 0 saturated heterocycles. The van der Waals surface area contributed by atoms with Gasteiger partial charge in [0.05, 0.1) is 6.20 Å². The first-order valence-corrected chi connectivity index (χ1v) is 7.52. The molecule has 0 bridgehead atoms. The average molecular weight is 271 g/mol. The van der Waals surface area contributed by atoms with Gasteiger partial charge in [-0.25, -0.2) is 0 Å². The lowest BCUT2D eigenvalue weighted by atomic mass is 10.1. The maximum atomic E-state index is 4.53. The predicted octanol–water partition coefficient (Wildman–Crippen LogP) is 3.49. The molecule has 1 atom stereocenters. The van der Waals surface area contributed by atoms with Crippen LogP contribution in [0.4, 0.5) is 0 Å². The maximum Gasteiger partial charge on any atom is 0.0540 e. The molecule has 1 N–H and O–H groups in total. The quantitative estimate of drug-likeness (QED) is 0.835. The SMILES string of the molecule is CCNC(C)c1cnn(CCCc2ccccc2)c1C. The molecule has 20 heavy (non-hydrogen) atoms. The van der Waals surface area contributed by atoms with Gasteiger partial charge < -0.3 is 5.32 Å². The third kappa shape index (κ3) is 3.70. The molecule has 2 aromatic rings. The number of hydrogen-bond acceptors (Lipinski definition) is 2. The Morgan fingerprint density at radius 2 is 2.00 bits per heavy atom. The van der Waals surface area contributed by atoms with Crippen LogP contribution in [0.25, 0.3) is 0 Å². The molecule has 0 aliphatic rings. The van der Waals surface area contributed by atoms with Gasteiger partial charge in [0.2, 0.25) is 0 Å². The van der Waals surface area contributed by atoms with E-state index in [-0.39, 0.29) is 0 Å². The Balaban J connectivity index is 1.90. The van der Waals surface area contributed by atoms with Crippen LogP contribution >= 0.6 is 0 Å². The van der Waals surface area contributed by atoms with Crippen molar-refractivity contribution >= 4 is 0 Å². The van der Waals surface area contributed by atoms with Crippen molar-refractivity contribution in [3.05, 3.63) is 53.3 Å². The number of nitrogens with one attached hydrogen (secondary N) is 1. The summed E-state index contributed by atoms with van der Waals surface area (Å²) < 4.78 is 2.13. The van der Waals surface area contributed by atoms with E-state index in [1.807, 2.05) is 6.20 Å². The van der Waals surface area contributed by atoms with Crippen molar-refractivity contribution in [2.45, 2.75) is 46.2 Å². The molecule has 0 spiro atoms. The fourth-order valence-electron chi connectivity index (χ4n) is 2.61. The number of nitrogens with zero attached hydrogens (tertiary/aromatic N) is 2. The van der Waals surface area contributed by atoms with Gasteiger partial charge in [-0.2, -0.15) is 5.10 Å². The van der Waals surface area contributed by atoms with Gasteiger partial charge in [-0.3, -0.25) is 4.68 Å². The van der Waals surface area contributed by atoms with Crippen LogP contribution in [0.1, 0.15) is 43.1 Å². The van der Waals surface area contributed by atoms with Crippen LogP contribution in [-0.4, -0.2) is 16.3 Å². The van der Waals surface area contributed by atoms with Gasteiger partial charge >= 0.3 is 0 Å². The second-order valence-corrected chi connectivity index (χ2v) is 5.28. The van der Waals surface area contributed by atoms with E-state index in [4.69, 9.17) is 0 Å². The van der Waals surface area contributed by atoms with Crippen LogP contribution in [0.2, 0.25) is 0 Å². The van der Waals surface area contributed by atoms with Crippen molar-refractivity contribution in [3.8, 4) is 0 Å². The summed E-state index contributed by atoms with van der Waals surface area (Å²) in [5, 5.41) is 7.97. The third-order valence-electron chi connectivity index (χ3n) is 3.80. The van der Waals surface area contributed by atoms with Crippen molar-refractivity contribution < 1.29 is 0 Å². The topological polar surface area (TPSA) is 29.9 Å². The summed E-state index contributed by atoms with van der Waals surface area (Å²) in [6.07, 6.45) is 4.24. The molecule has 1 unspecified atom stereocenters. The Hall–Kier alpha value is -1.61. The zero-order chi connectivity index (χ0) is 14.4. The predicted molar refractivity (Wildman–Crippen MR) is 83.8 cm³/mol. The summed E-state index contributed by atoms with van der Waals surface area (Å²) >= 11 is 0. The summed E-state index contributed by atoms with van der Waals surface area (Å²) in [5.74, 6) is 0. The molecule has 1 aromatic carbocycles. The molecule has 1 aromatic heterocycles. The highest BCUT2D eigenvalue weighted by atomic mass is 15.3. The zero-order valence-electron chi connectivity index (χ0n) is 12.8. The van der Waals surface area contributed by atoms with Crippen LogP contribution in [0.3, 0.4) is 0 Å². The fourth-order valence-corrected chi connectivity index (χ4v) is 2.61. The maximum absolute atomic E-state index is 4.53. The lowest BCUT2D eigenvalue weighted by Gasteiger charge is -2.12. The van der Waals surface area contributed by atoms with Crippen molar-refractivity contribution in [1.82, 2.24) is 15.1 Å². The summed E-state index contributed by atoms with van der Waals surface area (Å²) in [5.41, 5.74) is 4.00. The van der Waals surface area contributed by atoms with Crippen LogP contribution in [-0.2, 0) is 13.0 Å². The Labute approximate surface area is 122 Å². The highest BCUT2D eigenvalue weighted by Crippen LogP contribution is 2.17. The van der Waals surface area contributed by atoms with E-state index in [9.17, 15) is 0 Å². The van der Waals surface area contributed by atoms with Crippen molar-refractivity contribution in [2.75, 3.05) is 6.54 Å². The number of aryl methyl sites for hydroxylation is 2. The molecule has 3 heteroatoms. The van der Waals surface area contributed by atoms with Crippen molar-refractivity contribution in [2.24, 2.45) is 0 Å². The summed E-state index contributed by atoms with van der Waals surface area (Å²) in [4.78, 5) is 0. The van der Waals surface area contributed by atoms with Crippen LogP contribution in [0.5, 0.6) is 0 Å². The largest absolute Gasteiger partial charge is 0.310 e. The van der Waals surface area contributed by atoms with Gasteiger partial charge in [0.15, 0.2) is 0 Å². The first-order valence-electron chi connectivity index (χ1n) is 7.52. The van der Waals surface area contributed by atoms with E-state index in [2.05, 4.69) is 66.2 Å². The van der Waals surface area contributed by atoms with E-state index < -0.39 is 0 Å². The molecule has 2 rings (SSSR count). The first-order chi connectivity index (χ1) is 9.72. The highest BCUT2D eigenvalue weighted by Gasteiger charge is 2.11. The van der Waals surface area contributed by atoms with E-state index in [1.54, 1.807) is 0 Å². The van der Waals surface area contributed by atoms with Gasteiger partial charge in [-0.1, -0.05) is 37.3 Å². The Bertz CT molecular complexity index is 516. The minimum absolute atomic E-state index is 0.378. The molecule has 0 fully saturated rings. The minimum atomic E-state index is 0.378. The van der Waals surface area contributed by atoms with E-state index in [1.165, 1.54) is 16.8 Å². The molecular weight excluding hydrogens is 246 g/mol. The summed E-state index contributed by atoms with van der Waals surface area (Å²) in [6, 6.07) is 11.0. The first kappa shape index (κ1) is 14.8. The summed E-state index contributed by atoms with van der Waals surface area (Å²) in [6.45, 7) is 8.47. The fraction of sp³-hybridized carbons (Fsp3) is 0.471. The van der Waals surface area contributed by atoms with E-state index >= 15 is 0 Å². The van der Waals surface area contributed by atoms with E-state index in [0.29, 0.717) is 6.04 Å². The van der Waals surface area contributed by atoms with Gasteiger partial charge in [0.25, 0.3) is 0 Å². The summed E-state index contributed by atoms with van der Waals surface area (Å²) in [7, 11) is 0. The Morgan fingerprint density at radius 1 is 1.25 bits per heavy atom. The molecule has 0 aliphatic heterocycles. The van der Waals surface area contributed by atoms with Gasteiger partial charge in [0.1, 0.15) is 0 Å². The van der Waals surface area contributed by atoms with Crippen LogP contribution in [0, 0.1) is 6.92 Å². The third-order valence-corrected chi connectivity index (χ3v) is 3.80.